The van der Waals surface area contributed by atoms with Crippen molar-refractivity contribution in [1.29, 1.82) is 0 Å². The van der Waals surface area contributed by atoms with Crippen LogP contribution in [0.25, 0.3) is 11.4 Å². The van der Waals surface area contributed by atoms with Gasteiger partial charge in [0.2, 0.25) is 5.82 Å². The average molecular weight is 403 g/mol. The van der Waals surface area contributed by atoms with Crippen molar-refractivity contribution in [3.8, 4) is 11.4 Å². The van der Waals surface area contributed by atoms with Gasteiger partial charge in [-0.1, -0.05) is 42.3 Å². The van der Waals surface area contributed by atoms with Gasteiger partial charge in [0.05, 0.1) is 12.8 Å². The standard InChI is InChI=1S/C17H21F3N3O3P/c1-2-25-27(24,23-14-5-3-4-6-14)11-12-7-9-13(10-8-12)15-21-16(26-22-15)17(18,19)20/h7-10,14H,2-6,11H2,1H3,(H,23,24). The highest BCUT2D eigenvalue weighted by Gasteiger charge is 2.38. The number of benzene rings is 1. The third kappa shape index (κ3) is 5.18. The molecule has 1 aliphatic carbocycles. The first-order valence-electron chi connectivity index (χ1n) is 8.81. The fourth-order valence-electron chi connectivity index (χ4n) is 3.13. The Hall–Kier alpha value is -1.70. The number of rotatable bonds is 7. The van der Waals surface area contributed by atoms with E-state index < -0.39 is 19.6 Å². The number of halogens is 3. The topological polar surface area (TPSA) is 77.2 Å². The molecule has 2 aromatic rings. The van der Waals surface area contributed by atoms with Crippen LogP contribution in [0.2, 0.25) is 0 Å². The smallest absolute Gasteiger partial charge is 0.329 e. The Morgan fingerprint density at radius 1 is 1.26 bits per heavy atom. The molecule has 6 nitrogen and oxygen atoms in total. The van der Waals surface area contributed by atoms with Crippen molar-refractivity contribution in [2.75, 3.05) is 6.61 Å². The molecule has 1 aliphatic rings. The van der Waals surface area contributed by atoms with Crippen molar-refractivity contribution in [3.05, 3.63) is 35.7 Å². The first-order chi connectivity index (χ1) is 12.8. The van der Waals surface area contributed by atoms with Gasteiger partial charge in [0.1, 0.15) is 0 Å². The van der Waals surface area contributed by atoms with Crippen molar-refractivity contribution in [1.82, 2.24) is 15.2 Å². The SMILES string of the molecule is CCOP(=O)(Cc1ccc(-c2noc(C(F)(F)F)n2)cc1)NC1CCCC1. The van der Waals surface area contributed by atoms with E-state index in [1.807, 2.05) is 0 Å². The Balaban J connectivity index is 1.71. The molecule has 1 saturated carbocycles. The van der Waals surface area contributed by atoms with Gasteiger partial charge in [0.15, 0.2) is 0 Å². The molecule has 1 N–H and O–H groups in total. The minimum atomic E-state index is -4.68. The molecule has 10 heteroatoms. The van der Waals surface area contributed by atoms with Crippen LogP contribution in [0.3, 0.4) is 0 Å². The molecule has 0 radical (unpaired) electrons. The third-order valence-electron chi connectivity index (χ3n) is 4.34. The van der Waals surface area contributed by atoms with Crippen LogP contribution in [0, 0.1) is 0 Å². The Morgan fingerprint density at radius 2 is 1.93 bits per heavy atom. The second-order valence-corrected chi connectivity index (χ2v) is 8.66. The lowest BCUT2D eigenvalue weighted by atomic mass is 10.1. The minimum Gasteiger partial charge on any atom is -0.329 e. The number of hydrogen-bond donors (Lipinski definition) is 1. The summed E-state index contributed by atoms with van der Waals surface area (Å²) in [5.74, 6) is -1.53. The molecular formula is C17H21F3N3O3P. The molecule has 0 amide bonds. The zero-order valence-corrected chi connectivity index (χ0v) is 15.7. The third-order valence-corrected chi connectivity index (χ3v) is 6.56. The Morgan fingerprint density at radius 3 is 2.48 bits per heavy atom. The normalized spacial score (nSPS) is 17.9. The van der Waals surface area contributed by atoms with Crippen LogP contribution in [0.15, 0.2) is 28.8 Å². The zero-order valence-electron chi connectivity index (χ0n) is 14.8. The molecule has 0 spiro atoms. The van der Waals surface area contributed by atoms with Crippen molar-refractivity contribution >= 4 is 7.52 Å². The van der Waals surface area contributed by atoms with E-state index in [-0.39, 0.29) is 18.0 Å². The highest BCUT2D eigenvalue weighted by atomic mass is 31.2. The molecule has 148 valence electrons. The van der Waals surface area contributed by atoms with Crippen LogP contribution < -0.4 is 5.09 Å². The maximum Gasteiger partial charge on any atom is 0.471 e. The molecule has 0 bridgehead atoms. The van der Waals surface area contributed by atoms with Crippen LogP contribution in [-0.2, 0) is 21.4 Å². The average Bonchev–Trinajstić information content (AvgIpc) is 3.26. The van der Waals surface area contributed by atoms with E-state index in [1.165, 1.54) is 0 Å². The van der Waals surface area contributed by atoms with E-state index in [4.69, 9.17) is 4.52 Å². The molecular weight excluding hydrogens is 382 g/mol. The zero-order chi connectivity index (χ0) is 19.5. The summed E-state index contributed by atoms with van der Waals surface area (Å²) >= 11 is 0. The highest BCUT2D eigenvalue weighted by Crippen LogP contribution is 2.48. The second-order valence-electron chi connectivity index (χ2n) is 6.48. The Kier molecular flexibility index (Phi) is 6.03. The summed E-state index contributed by atoms with van der Waals surface area (Å²) in [6, 6.07) is 6.71. The molecule has 1 unspecified atom stereocenters. The van der Waals surface area contributed by atoms with E-state index in [0.717, 1.165) is 31.2 Å². The lowest BCUT2D eigenvalue weighted by molar-refractivity contribution is -0.159. The maximum atomic E-state index is 13.1. The minimum absolute atomic E-state index is 0.147. The van der Waals surface area contributed by atoms with Crippen LogP contribution in [0.5, 0.6) is 0 Å². The number of alkyl halides is 3. The fourth-order valence-corrected chi connectivity index (χ4v) is 5.31. The van der Waals surface area contributed by atoms with Gasteiger partial charge in [-0.25, -0.2) is 5.09 Å². The van der Waals surface area contributed by atoms with E-state index in [0.29, 0.717) is 12.2 Å². The quantitative estimate of drug-likeness (QED) is 0.655. The summed E-state index contributed by atoms with van der Waals surface area (Å²) in [6.45, 7) is 2.12. The largest absolute Gasteiger partial charge is 0.471 e. The molecule has 1 aromatic heterocycles. The molecule has 0 aliphatic heterocycles. The van der Waals surface area contributed by atoms with Gasteiger partial charge in [-0.05, 0) is 25.3 Å². The van der Waals surface area contributed by atoms with Crippen LogP contribution >= 0.6 is 7.52 Å². The van der Waals surface area contributed by atoms with E-state index in [9.17, 15) is 17.7 Å². The fraction of sp³-hybridized carbons (Fsp3) is 0.529. The van der Waals surface area contributed by atoms with E-state index in [2.05, 4.69) is 19.8 Å². The van der Waals surface area contributed by atoms with Crippen LogP contribution in [-0.4, -0.2) is 22.8 Å². The van der Waals surface area contributed by atoms with Crippen molar-refractivity contribution in [3.63, 3.8) is 0 Å². The summed E-state index contributed by atoms with van der Waals surface area (Å²) in [6.07, 6.45) is -0.282. The van der Waals surface area contributed by atoms with Gasteiger partial charge in [-0.15, -0.1) is 0 Å². The Bertz CT molecular complexity index is 802. The summed E-state index contributed by atoms with van der Waals surface area (Å²) in [5, 5.41) is 6.53. The predicted molar refractivity (Wildman–Crippen MR) is 93.1 cm³/mol. The van der Waals surface area contributed by atoms with Gasteiger partial charge in [-0.3, -0.25) is 4.57 Å². The lowest BCUT2D eigenvalue weighted by Crippen LogP contribution is -2.25. The van der Waals surface area contributed by atoms with Crippen LogP contribution in [0.1, 0.15) is 44.1 Å². The molecule has 3 rings (SSSR count). The monoisotopic (exact) mass is 403 g/mol. The van der Waals surface area contributed by atoms with Crippen LogP contribution in [0.4, 0.5) is 13.2 Å². The van der Waals surface area contributed by atoms with Crippen molar-refractivity contribution in [2.24, 2.45) is 0 Å². The predicted octanol–water partition coefficient (Wildman–Crippen LogP) is 5.02. The van der Waals surface area contributed by atoms with Gasteiger partial charge in [0.25, 0.3) is 7.52 Å². The summed E-state index contributed by atoms with van der Waals surface area (Å²) < 4.78 is 60.6. The number of aromatic nitrogens is 2. The second kappa shape index (κ2) is 8.12. The van der Waals surface area contributed by atoms with E-state index >= 15 is 0 Å². The number of nitrogens with one attached hydrogen (secondary N) is 1. The molecule has 27 heavy (non-hydrogen) atoms. The summed E-state index contributed by atoms with van der Waals surface area (Å²) in [5.41, 5.74) is 1.13. The first kappa shape index (κ1) is 20.0. The van der Waals surface area contributed by atoms with Gasteiger partial charge in [0, 0.05) is 11.6 Å². The summed E-state index contributed by atoms with van der Waals surface area (Å²) in [4.78, 5) is 3.36. The maximum absolute atomic E-state index is 13.1. The first-order valence-corrected chi connectivity index (χ1v) is 10.6. The molecule has 1 fully saturated rings. The van der Waals surface area contributed by atoms with Gasteiger partial charge < -0.3 is 9.05 Å². The molecule has 0 saturated heterocycles. The van der Waals surface area contributed by atoms with Gasteiger partial charge >= 0.3 is 12.1 Å². The van der Waals surface area contributed by atoms with Crippen molar-refractivity contribution in [2.45, 2.75) is 51.0 Å². The molecule has 1 heterocycles. The van der Waals surface area contributed by atoms with E-state index in [1.54, 1.807) is 31.2 Å². The molecule has 1 aromatic carbocycles. The van der Waals surface area contributed by atoms with Crippen molar-refractivity contribution < 1.29 is 26.8 Å². The Labute approximate surface area is 155 Å². The summed E-state index contributed by atoms with van der Waals surface area (Å²) in [7, 11) is -3.04. The molecule has 1 atom stereocenters. The lowest BCUT2D eigenvalue weighted by Gasteiger charge is -2.23. The number of nitrogens with zero attached hydrogens (tertiary/aromatic N) is 2. The van der Waals surface area contributed by atoms with Gasteiger partial charge in [-0.2, -0.15) is 18.2 Å². The highest BCUT2D eigenvalue weighted by molar-refractivity contribution is 7.56. The number of hydrogen-bond acceptors (Lipinski definition) is 5.